The maximum atomic E-state index is 11.2. The first kappa shape index (κ1) is 13.1. The SMILES string of the molecule is CCn1nccc1CNC1CCN(C(C)=O)CC1. The van der Waals surface area contributed by atoms with E-state index in [1.165, 1.54) is 5.69 Å². The number of hydrogen-bond acceptors (Lipinski definition) is 3. The van der Waals surface area contributed by atoms with Gasteiger partial charge >= 0.3 is 0 Å². The molecule has 5 nitrogen and oxygen atoms in total. The van der Waals surface area contributed by atoms with E-state index in [4.69, 9.17) is 0 Å². The third kappa shape index (κ3) is 3.10. The average Bonchev–Trinajstić information content (AvgIpc) is 2.84. The zero-order valence-electron chi connectivity index (χ0n) is 11.2. The van der Waals surface area contributed by atoms with E-state index < -0.39 is 0 Å². The topological polar surface area (TPSA) is 50.2 Å². The lowest BCUT2D eigenvalue weighted by molar-refractivity contribution is -0.129. The van der Waals surface area contributed by atoms with Gasteiger partial charge in [-0.25, -0.2) is 0 Å². The van der Waals surface area contributed by atoms with E-state index in [9.17, 15) is 4.79 Å². The lowest BCUT2D eigenvalue weighted by Crippen LogP contribution is -2.44. The molecule has 0 aromatic carbocycles. The molecule has 1 amide bonds. The fourth-order valence-corrected chi connectivity index (χ4v) is 2.44. The third-order valence-electron chi connectivity index (χ3n) is 3.62. The summed E-state index contributed by atoms with van der Waals surface area (Å²) < 4.78 is 2.01. The smallest absolute Gasteiger partial charge is 0.219 e. The van der Waals surface area contributed by atoms with Crippen LogP contribution in [-0.2, 0) is 17.9 Å². The van der Waals surface area contributed by atoms with E-state index in [1.54, 1.807) is 6.92 Å². The molecule has 5 heteroatoms. The number of carbonyl (C=O) groups excluding carboxylic acids is 1. The summed E-state index contributed by atoms with van der Waals surface area (Å²) in [5, 5.41) is 7.82. The minimum absolute atomic E-state index is 0.192. The van der Waals surface area contributed by atoms with E-state index in [1.807, 2.05) is 15.8 Å². The predicted molar refractivity (Wildman–Crippen MR) is 70.0 cm³/mol. The number of aromatic nitrogens is 2. The quantitative estimate of drug-likeness (QED) is 0.867. The molecule has 1 N–H and O–H groups in total. The first-order valence-corrected chi connectivity index (χ1v) is 6.70. The Kier molecular flexibility index (Phi) is 4.36. The second kappa shape index (κ2) is 6.00. The van der Waals surface area contributed by atoms with E-state index in [0.29, 0.717) is 6.04 Å². The Bertz CT molecular complexity index is 393. The summed E-state index contributed by atoms with van der Waals surface area (Å²) in [4.78, 5) is 13.2. The van der Waals surface area contributed by atoms with Crippen molar-refractivity contribution >= 4 is 5.91 Å². The van der Waals surface area contributed by atoms with Crippen molar-refractivity contribution in [2.24, 2.45) is 0 Å². The second-order valence-electron chi connectivity index (χ2n) is 4.80. The molecular weight excluding hydrogens is 228 g/mol. The minimum atomic E-state index is 0.192. The number of carbonyl (C=O) groups is 1. The van der Waals surface area contributed by atoms with Gasteiger partial charge in [0.1, 0.15) is 0 Å². The largest absolute Gasteiger partial charge is 0.343 e. The summed E-state index contributed by atoms with van der Waals surface area (Å²) in [6.07, 6.45) is 3.93. The number of amides is 1. The first-order chi connectivity index (χ1) is 8.70. The molecule has 100 valence electrons. The van der Waals surface area contributed by atoms with Crippen LogP contribution in [0.25, 0.3) is 0 Å². The van der Waals surface area contributed by atoms with Crippen LogP contribution in [0.1, 0.15) is 32.4 Å². The van der Waals surface area contributed by atoms with Crippen LogP contribution in [0.2, 0.25) is 0 Å². The molecule has 1 aliphatic rings. The van der Waals surface area contributed by atoms with Crippen molar-refractivity contribution in [3.05, 3.63) is 18.0 Å². The highest BCUT2D eigenvalue weighted by molar-refractivity contribution is 5.73. The Morgan fingerprint density at radius 1 is 1.50 bits per heavy atom. The van der Waals surface area contributed by atoms with Gasteiger partial charge in [-0.2, -0.15) is 5.10 Å². The van der Waals surface area contributed by atoms with Crippen molar-refractivity contribution in [1.29, 1.82) is 0 Å². The number of nitrogens with one attached hydrogen (secondary N) is 1. The molecule has 1 fully saturated rings. The summed E-state index contributed by atoms with van der Waals surface area (Å²) in [7, 11) is 0. The van der Waals surface area contributed by atoms with Crippen LogP contribution in [0.5, 0.6) is 0 Å². The summed E-state index contributed by atoms with van der Waals surface area (Å²) >= 11 is 0. The molecule has 1 aromatic heterocycles. The van der Waals surface area contributed by atoms with Gasteiger partial charge in [-0.05, 0) is 25.8 Å². The maximum absolute atomic E-state index is 11.2. The summed E-state index contributed by atoms with van der Waals surface area (Å²) in [6, 6.07) is 2.57. The molecule has 1 aliphatic heterocycles. The number of nitrogens with zero attached hydrogens (tertiary/aromatic N) is 3. The van der Waals surface area contributed by atoms with Gasteiger partial charge < -0.3 is 10.2 Å². The van der Waals surface area contributed by atoms with E-state index in [-0.39, 0.29) is 5.91 Å². The maximum Gasteiger partial charge on any atom is 0.219 e. The Morgan fingerprint density at radius 2 is 2.22 bits per heavy atom. The van der Waals surface area contributed by atoms with Gasteiger partial charge in [0.15, 0.2) is 0 Å². The van der Waals surface area contributed by atoms with E-state index in [0.717, 1.165) is 39.0 Å². The van der Waals surface area contributed by atoms with Crippen LogP contribution in [-0.4, -0.2) is 39.7 Å². The van der Waals surface area contributed by atoms with Gasteiger partial charge in [-0.15, -0.1) is 0 Å². The lowest BCUT2D eigenvalue weighted by atomic mass is 10.1. The Hall–Kier alpha value is -1.36. The Balaban J connectivity index is 1.77. The summed E-state index contributed by atoms with van der Waals surface area (Å²) in [5.74, 6) is 0.192. The summed E-state index contributed by atoms with van der Waals surface area (Å²) in [5.41, 5.74) is 1.23. The van der Waals surface area contributed by atoms with Gasteiger partial charge in [-0.1, -0.05) is 0 Å². The van der Waals surface area contributed by atoms with Crippen LogP contribution in [0.3, 0.4) is 0 Å². The molecule has 0 saturated carbocycles. The highest BCUT2D eigenvalue weighted by atomic mass is 16.2. The molecule has 1 aromatic rings. The molecule has 0 spiro atoms. The summed E-state index contributed by atoms with van der Waals surface area (Å²) in [6.45, 7) is 7.26. The zero-order valence-corrected chi connectivity index (χ0v) is 11.2. The van der Waals surface area contributed by atoms with Crippen molar-refractivity contribution in [1.82, 2.24) is 20.0 Å². The lowest BCUT2D eigenvalue weighted by Gasteiger charge is -2.31. The van der Waals surface area contributed by atoms with Crippen LogP contribution >= 0.6 is 0 Å². The Labute approximate surface area is 108 Å². The molecule has 0 aliphatic carbocycles. The van der Waals surface area contributed by atoms with Crippen molar-refractivity contribution < 1.29 is 4.79 Å². The van der Waals surface area contributed by atoms with Gasteiger partial charge in [0.2, 0.25) is 5.91 Å². The standard InChI is InChI=1S/C13H22N4O/c1-3-17-13(4-7-15-17)10-14-12-5-8-16(9-6-12)11(2)18/h4,7,12,14H,3,5-6,8-10H2,1-2H3. The van der Waals surface area contributed by atoms with Crippen LogP contribution in [0, 0.1) is 0 Å². The average molecular weight is 250 g/mol. The molecule has 0 radical (unpaired) electrons. The second-order valence-corrected chi connectivity index (χ2v) is 4.80. The van der Waals surface area contributed by atoms with Crippen molar-refractivity contribution in [3.63, 3.8) is 0 Å². The third-order valence-corrected chi connectivity index (χ3v) is 3.62. The van der Waals surface area contributed by atoms with Gasteiger partial charge in [0.05, 0.1) is 5.69 Å². The highest BCUT2D eigenvalue weighted by Crippen LogP contribution is 2.11. The molecule has 0 bridgehead atoms. The molecule has 2 rings (SSSR count). The monoisotopic (exact) mass is 250 g/mol. The number of aryl methyl sites for hydroxylation is 1. The van der Waals surface area contributed by atoms with E-state index >= 15 is 0 Å². The van der Waals surface area contributed by atoms with Gasteiger partial charge in [0, 0.05) is 45.3 Å². The van der Waals surface area contributed by atoms with Crippen molar-refractivity contribution in [2.45, 2.75) is 45.8 Å². The predicted octanol–water partition coefficient (Wildman–Crippen LogP) is 1.00. The molecule has 2 heterocycles. The van der Waals surface area contributed by atoms with Crippen molar-refractivity contribution in [3.8, 4) is 0 Å². The van der Waals surface area contributed by atoms with Crippen LogP contribution in [0.15, 0.2) is 12.3 Å². The number of hydrogen-bond donors (Lipinski definition) is 1. The Morgan fingerprint density at radius 3 is 2.83 bits per heavy atom. The number of piperidine rings is 1. The molecule has 0 atom stereocenters. The highest BCUT2D eigenvalue weighted by Gasteiger charge is 2.20. The van der Waals surface area contributed by atoms with Crippen LogP contribution in [0.4, 0.5) is 0 Å². The molecule has 1 saturated heterocycles. The zero-order chi connectivity index (χ0) is 13.0. The van der Waals surface area contributed by atoms with Crippen molar-refractivity contribution in [2.75, 3.05) is 13.1 Å². The van der Waals surface area contributed by atoms with Crippen LogP contribution < -0.4 is 5.32 Å². The van der Waals surface area contributed by atoms with E-state index in [2.05, 4.69) is 23.4 Å². The normalized spacial score (nSPS) is 17.1. The van der Waals surface area contributed by atoms with Gasteiger partial charge in [0.25, 0.3) is 0 Å². The minimum Gasteiger partial charge on any atom is -0.343 e. The van der Waals surface area contributed by atoms with Gasteiger partial charge in [-0.3, -0.25) is 9.48 Å². The number of likely N-dealkylation sites (tertiary alicyclic amines) is 1. The first-order valence-electron chi connectivity index (χ1n) is 6.70. The molecular formula is C13H22N4O. The number of rotatable bonds is 4. The molecule has 0 unspecified atom stereocenters. The fraction of sp³-hybridized carbons (Fsp3) is 0.692. The fourth-order valence-electron chi connectivity index (χ4n) is 2.44. The molecule has 18 heavy (non-hydrogen) atoms.